The van der Waals surface area contributed by atoms with E-state index in [2.05, 4.69) is 10.2 Å². The zero-order valence-corrected chi connectivity index (χ0v) is 15.8. The van der Waals surface area contributed by atoms with Crippen LogP contribution in [-0.4, -0.2) is 38.7 Å². The largest absolute Gasteiger partial charge is 0.486 e. The Hall–Kier alpha value is -3.23. The van der Waals surface area contributed by atoms with Crippen molar-refractivity contribution >= 4 is 16.8 Å². The monoisotopic (exact) mass is 400 g/mol. The fraction of sp³-hybridized carbons (Fsp3) is 0.350. The molecule has 29 heavy (non-hydrogen) atoms. The Morgan fingerprint density at radius 2 is 2.14 bits per heavy atom. The molecule has 0 saturated carbocycles. The first kappa shape index (κ1) is 17.8. The van der Waals surface area contributed by atoms with Crippen molar-refractivity contribution in [2.75, 3.05) is 13.2 Å². The molecular weight excluding hydrogens is 382 g/mol. The summed E-state index contributed by atoms with van der Waals surface area (Å²) in [5.41, 5.74) is 1.35. The summed E-state index contributed by atoms with van der Waals surface area (Å²) in [7, 11) is 0. The number of aromatic nitrogens is 3. The highest BCUT2D eigenvalue weighted by atomic mass is 19.2. The molecule has 1 unspecified atom stereocenters. The Morgan fingerprint density at radius 1 is 1.34 bits per heavy atom. The lowest BCUT2D eigenvalue weighted by molar-refractivity contribution is 0.0717. The molecule has 0 spiro atoms. The van der Waals surface area contributed by atoms with E-state index in [-0.39, 0.29) is 40.8 Å². The van der Waals surface area contributed by atoms with Crippen LogP contribution in [-0.2, 0) is 6.54 Å². The molecule has 0 fully saturated rings. The number of hydrogen-bond donors (Lipinski definition) is 1. The second-order valence-corrected chi connectivity index (χ2v) is 7.73. The maximum Gasteiger partial charge on any atom is 0.259 e. The van der Waals surface area contributed by atoms with Gasteiger partial charge in [-0.2, -0.15) is 9.49 Å². The van der Waals surface area contributed by atoms with Gasteiger partial charge in [0.05, 0.1) is 23.1 Å². The van der Waals surface area contributed by atoms with Gasteiger partial charge in [0, 0.05) is 36.5 Å². The molecule has 3 aromatic rings. The van der Waals surface area contributed by atoms with Gasteiger partial charge in [-0.15, -0.1) is 0 Å². The number of benzene rings is 1. The van der Waals surface area contributed by atoms with Crippen molar-refractivity contribution in [1.29, 1.82) is 0 Å². The molecule has 7 nitrogen and oxygen atoms in total. The molecule has 0 aliphatic carbocycles. The van der Waals surface area contributed by atoms with Crippen LogP contribution in [0.2, 0.25) is 0 Å². The van der Waals surface area contributed by atoms with Crippen molar-refractivity contribution in [2.45, 2.75) is 32.4 Å². The van der Waals surface area contributed by atoms with Crippen LogP contribution in [0.4, 0.5) is 8.78 Å². The van der Waals surface area contributed by atoms with Crippen LogP contribution >= 0.6 is 0 Å². The van der Waals surface area contributed by atoms with Gasteiger partial charge >= 0.3 is 0 Å². The Morgan fingerprint density at radius 3 is 2.93 bits per heavy atom. The van der Waals surface area contributed by atoms with Gasteiger partial charge < -0.3 is 14.2 Å². The van der Waals surface area contributed by atoms with E-state index in [1.165, 1.54) is 6.20 Å². The highest BCUT2D eigenvalue weighted by Gasteiger charge is 2.32. The molecule has 9 heteroatoms. The Kier molecular flexibility index (Phi) is 3.77. The lowest BCUT2D eigenvalue weighted by atomic mass is 9.97. The first-order valence-corrected chi connectivity index (χ1v) is 9.38. The van der Waals surface area contributed by atoms with E-state index in [9.17, 15) is 18.4 Å². The van der Waals surface area contributed by atoms with Crippen LogP contribution in [0, 0.1) is 11.6 Å². The van der Waals surface area contributed by atoms with Crippen molar-refractivity contribution in [1.82, 2.24) is 19.7 Å². The van der Waals surface area contributed by atoms with Crippen LogP contribution in [0.25, 0.3) is 10.9 Å². The molecule has 150 valence electrons. The van der Waals surface area contributed by atoms with E-state index in [1.807, 2.05) is 13.8 Å². The predicted molar refractivity (Wildman–Crippen MR) is 100 cm³/mol. The minimum Gasteiger partial charge on any atom is -0.486 e. The van der Waals surface area contributed by atoms with Gasteiger partial charge in [0.2, 0.25) is 11.2 Å². The van der Waals surface area contributed by atoms with E-state index in [0.717, 1.165) is 17.3 Å². The zero-order chi connectivity index (χ0) is 20.4. The Balaban J connectivity index is 1.67. The van der Waals surface area contributed by atoms with Gasteiger partial charge in [0.1, 0.15) is 12.2 Å². The van der Waals surface area contributed by atoms with Crippen molar-refractivity contribution in [2.24, 2.45) is 0 Å². The molecule has 1 aromatic carbocycles. The van der Waals surface area contributed by atoms with E-state index in [0.29, 0.717) is 13.1 Å². The summed E-state index contributed by atoms with van der Waals surface area (Å²) in [4.78, 5) is 27.9. The fourth-order valence-corrected chi connectivity index (χ4v) is 4.24. The highest BCUT2D eigenvalue weighted by Crippen LogP contribution is 2.35. The number of rotatable bonds is 1. The summed E-state index contributed by atoms with van der Waals surface area (Å²) in [6.07, 6.45) is 3.11. The molecule has 4 heterocycles. The maximum atomic E-state index is 14.2. The van der Waals surface area contributed by atoms with Crippen molar-refractivity contribution < 1.29 is 18.3 Å². The van der Waals surface area contributed by atoms with Crippen LogP contribution < -0.4 is 10.2 Å². The molecule has 2 aliphatic heterocycles. The van der Waals surface area contributed by atoms with Gasteiger partial charge in [-0.05, 0) is 13.0 Å². The molecule has 2 aromatic heterocycles. The number of nitrogens with zero attached hydrogens (tertiary/aromatic N) is 3. The number of carbonyl (C=O) groups is 1. The van der Waals surface area contributed by atoms with Crippen LogP contribution in [0.15, 0.2) is 23.3 Å². The van der Waals surface area contributed by atoms with E-state index < -0.39 is 23.0 Å². The summed E-state index contributed by atoms with van der Waals surface area (Å²) in [6.45, 7) is 4.65. The third-order valence-electron chi connectivity index (χ3n) is 5.73. The van der Waals surface area contributed by atoms with E-state index in [1.54, 1.807) is 15.7 Å². The van der Waals surface area contributed by atoms with E-state index >= 15 is 0 Å². The van der Waals surface area contributed by atoms with Crippen LogP contribution in [0.1, 0.15) is 47.4 Å². The zero-order valence-electron chi connectivity index (χ0n) is 15.8. The number of aromatic amines is 1. The lowest BCUT2D eigenvalue weighted by Gasteiger charge is -2.31. The third-order valence-corrected chi connectivity index (χ3v) is 5.73. The molecule has 1 amide bonds. The molecule has 0 radical (unpaired) electrons. The maximum absolute atomic E-state index is 14.2. The summed E-state index contributed by atoms with van der Waals surface area (Å²) < 4.78 is 35.3. The molecule has 1 N–H and O–H groups in total. The fourth-order valence-electron chi connectivity index (χ4n) is 4.24. The molecule has 0 bridgehead atoms. The summed E-state index contributed by atoms with van der Waals surface area (Å²) in [5.74, 6) is -3.00. The first-order valence-electron chi connectivity index (χ1n) is 9.38. The third kappa shape index (κ3) is 2.49. The average Bonchev–Trinajstić information content (AvgIpc) is 3.18. The molecule has 2 atom stereocenters. The van der Waals surface area contributed by atoms with Crippen molar-refractivity contribution in [3.8, 4) is 5.75 Å². The highest BCUT2D eigenvalue weighted by molar-refractivity contribution is 5.98. The molecular formula is C20H18F2N4O3. The van der Waals surface area contributed by atoms with Gasteiger partial charge in [0.25, 0.3) is 5.91 Å². The quantitative estimate of drug-likeness (QED) is 0.681. The minimum atomic E-state index is -1.18. The topological polar surface area (TPSA) is 80.2 Å². The van der Waals surface area contributed by atoms with E-state index in [4.69, 9.17) is 4.74 Å². The molecule has 5 rings (SSSR count). The standard InChI is InChI=1S/C20H18F2N4O3/c1-9-5-25(6-11-4-23-24-16(9)11)20(28)13-7-26-10(2)8-29-19-15(22)14(21)3-12(17(19)26)18(13)27/h3-4,7,9-10H,5-6,8H2,1-2H3,(H,23,24)/t9?,10-/m0/s1. The summed E-state index contributed by atoms with van der Waals surface area (Å²) in [5, 5.41) is 6.91. The van der Waals surface area contributed by atoms with Gasteiger partial charge in [-0.3, -0.25) is 14.7 Å². The van der Waals surface area contributed by atoms with Crippen molar-refractivity contribution in [3.63, 3.8) is 0 Å². The van der Waals surface area contributed by atoms with Crippen LogP contribution in [0.3, 0.4) is 0 Å². The Labute approximate surface area is 163 Å². The number of H-pyrrole nitrogens is 1. The first-order chi connectivity index (χ1) is 13.9. The van der Waals surface area contributed by atoms with Gasteiger partial charge in [0.15, 0.2) is 11.6 Å². The molecule has 2 aliphatic rings. The lowest BCUT2D eigenvalue weighted by Crippen LogP contribution is -2.40. The van der Waals surface area contributed by atoms with Gasteiger partial charge in [-0.25, -0.2) is 4.39 Å². The number of hydrogen-bond acceptors (Lipinski definition) is 4. The number of amides is 1. The van der Waals surface area contributed by atoms with Crippen molar-refractivity contribution in [3.05, 3.63) is 57.1 Å². The summed E-state index contributed by atoms with van der Waals surface area (Å²) in [6, 6.07) is 0.598. The number of nitrogens with one attached hydrogen (secondary N) is 1. The Bertz CT molecular complexity index is 1230. The average molecular weight is 400 g/mol. The second kappa shape index (κ2) is 6.13. The number of pyridine rings is 1. The normalized spacial score (nSPS) is 20.5. The minimum absolute atomic E-state index is 0.0391. The SMILES string of the molecule is CC1CN(C(=O)c2cn3c4c(c(F)c(F)cc4c2=O)OC[C@@H]3C)Cc2cn[nH]c21. The predicted octanol–water partition coefficient (Wildman–Crippen LogP) is 2.72. The number of fused-ring (bicyclic) bond motifs is 1. The number of carbonyl (C=O) groups excluding carboxylic acids is 1. The number of halogens is 2. The summed E-state index contributed by atoms with van der Waals surface area (Å²) >= 11 is 0. The smallest absolute Gasteiger partial charge is 0.259 e. The van der Waals surface area contributed by atoms with Gasteiger partial charge in [-0.1, -0.05) is 6.92 Å². The molecule has 0 saturated heterocycles. The number of ether oxygens (including phenoxy) is 1. The second-order valence-electron chi connectivity index (χ2n) is 7.73. The van der Waals surface area contributed by atoms with Crippen LogP contribution in [0.5, 0.6) is 5.75 Å².